The van der Waals surface area contributed by atoms with Gasteiger partial charge in [0.25, 0.3) is 0 Å². The van der Waals surface area contributed by atoms with Crippen molar-refractivity contribution in [2.75, 3.05) is 11.9 Å². The van der Waals surface area contributed by atoms with Gasteiger partial charge in [0.2, 0.25) is 5.88 Å². The molecule has 3 nitrogen and oxygen atoms in total. The third-order valence-electron chi connectivity index (χ3n) is 2.47. The van der Waals surface area contributed by atoms with Crippen molar-refractivity contribution >= 4 is 17.0 Å². The number of hydrogen-bond donors (Lipinski definition) is 1. The maximum Gasteiger partial charge on any atom is 0.237 e. The summed E-state index contributed by atoms with van der Waals surface area (Å²) in [6, 6.07) is 6.27. The smallest absolute Gasteiger partial charge is 0.237 e. The molecule has 1 N–H and O–H groups in total. The molecule has 90 valence electrons. The number of nitrogens with zero attached hydrogens (tertiary/aromatic N) is 1. The number of nitrogens with one attached hydrogen (secondary N) is 1. The molecule has 0 amide bonds. The second-order valence-corrected chi connectivity index (χ2v) is 4.49. The summed E-state index contributed by atoms with van der Waals surface area (Å²) in [5.41, 5.74) is 2.22. The van der Waals surface area contributed by atoms with Gasteiger partial charge in [-0.2, -0.15) is 11.3 Å². The van der Waals surface area contributed by atoms with Crippen LogP contribution in [0.3, 0.4) is 0 Å². The molecule has 0 radical (unpaired) electrons. The number of rotatable bonds is 5. The Hall–Kier alpha value is -1.55. The maximum atomic E-state index is 5.48. The fourth-order valence-electron chi connectivity index (χ4n) is 1.59. The van der Waals surface area contributed by atoms with Gasteiger partial charge in [0.05, 0.1) is 12.3 Å². The molecular weight excluding hydrogens is 232 g/mol. The van der Waals surface area contributed by atoms with Gasteiger partial charge in [-0.15, -0.1) is 0 Å². The molecule has 2 rings (SSSR count). The molecule has 0 spiro atoms. The Balaban J connectivity index is 2.12. The van der Waals surface area contributed by atoms with E-state index in [1.807, 2.05) is 19.1 Å². The molecule has 0 saturated heterocycles. The van der Waals surface area contributed by atoms with Crippen molar-refractivity contribution in [3.05, 3.63) is 40.7 Å². The predicted octanol–water partition coefficient (Wildman–Crippen LogP) is 3.71. The summed E-state index contributed by atoms with van der Waals surface area (Å²) in [5, 5.41) is 7.65. The maximum absolute atomic E-state index is 5.48. The number of thiophene rings is 1. The second-order valence-electron chi connectivity index (χ2n) is 3.71. The Morgan fingerprint density at radius 3 is 3.06 bits per heavy atom. The highest BCUT2D eigenvalue weighted by Gasteiger charge is 2.09. The minimum absolute atomic E-state index is 0.254. The van der Waals surface area contributed by atoms with E-state index in [-0.39, 0.29) is 6.04 Å². The van der Waals surface area contributed by atoms with Gasteiger partial charge < -0.3 is 10.1 Å². The average Bonchev–Trinajstić information content (AvgIpc) is 2.85. The Morgan fingerprint density at radius 1 is 1.47 bits per heavy atom. The van der Waals surface area contributed by atoms with E-state index >= 15 is 0 Å². The standard InChI is InChI=1S/C13H16N2OS/c1-3-16-13-12(5-4-7-14-13)15-10(2)11-6-8-17-9-11/h4-10,15H,3H2,1-2H3. The van der Waals surface area contributed by atoms with Gasteiger partial charge in [-0.25, -0.2) is 4.98 Å². The number of ether oxygens (including phenoxy) is 1. The summed E-state index contributed by atoms with van der Waals surface area (Å²) in [6.07, 6.45) is 1.74. The lowest BCUT2D eigenvalue weighted by Gasteiger charge is -2.16. The molecule has 0 aliphatic heterocycles. The predicted molar refractivity (Wildman–Crippen MR) is 71.8 cm³/mol. The summed E-state index contributed by atoms with van der Waals surface area (Å²) < 4.78 is 5.48. The summed E-state index contributed by atoms with van der Waals surface area (Å²) in [6.45, 7) is 4.71. The van der Waals surface area contributed by atoms with Gasteiger partial charge in [-0.05, 0) is 48.4 Å². The lowest BCUT2D eigenvalue weighted by molar-refractivity contribution is 0.328. The van der Waals surface area contributed by atoms with Crippen LogP contribution in [-0.4, -0.2) is 11.6 Å². The van der Waals surface area contributed by atoms with Crippen molar-refractivity contribution in [3.8, 4) is 5.88 Å². The van der Waals surface area contributed by atoms with Gasteiger partial charge in [0.1, 0.15) is 0 Å². The van der Waals surface area contributed by atoms with E-state index in [1.165, 1.54) is 5.56 Å². The number of anilines is 1. The van der Waals surface area contributed by atoms with Gasteiger partial charge in [-0.3, -0.25) is 0 Å². The minimum atomic E-state index is 0.254. The summed E-state index contributed by atoms with van der Waals surface area (Å²) >= 11 is 1.71. The fraction of sp³-hybridized carbons (Fsp3) is 0.308. The van der Waals surface area contributed by atoms with Crippen LogP contribution in [-0.2, 0) is 0 Å². The Morgan fingerprint density at radius 2 is 2.35 bits per heavy atom. The third kappa shape index (κ3) is 2.97. The molecule has 0 bridgehead atoms. The van der Waals surface area contributed by atoms with Crippen molar-refractivity contribution < 1.29 is 4.74 Å². The summed E-state index contributed by atoms with van der Waals surface area (Å²) in [4.78, 5) is 4.22. The van der Waals surface area contributed by atoms with Crippen LogP contribution in [0.4, 0.5) is 5.69 Å². The van der Waals surface area contributed by atoms with Crippen LogP contribution in [0.15, 0.2) is 35.2 Å². The zero-order valence-corrected chi connectivity index (χ0v) is 10.8. The first-order valence-corrected chi connectivity index (χ1v) is 6.62. The van der Waals surface area contributed by atoms with Gasteiger partial charge in [-0.1, -0.05) is 0 Å². The largest absolute Gasteiger partial charge is 0.476 e. The van der Waals surface area contributed by atoms with Crippen LogP contribution in [0, 0.1) is 0 Å². The summed E-state index contributed by atoms with van der Waals surface area (Å²) in [7, 11) is 0. The molecule has 1 unspecified atom stereocenters. The molecule has 0 fully saturated rings. The van der Waals surface area contributed by atoms with E-state index in [9.17, 15) is 0 Å². The van der Waals surface area contributed by atoms with Gasteiger partial charge in [0, 0.05) is 12.2 Å². The van der Waals surface area contributed by atoms with Crippen LogP contribution in [0.25, 0.3) is 0 Å². The van der Waals surface area contributed by atoms with Crippen LogP contribution < -0.4 is 10.1 Å². The Kier molecular flexibility index (Phi) is 3.98. The molecule has 4 heteroatoms. The van der Waals surface area contributed by atoms with E-state index in [4.69, 9.17) is 4.74 Å². The SMILES string of the molecule is CCOc1ncccc1NC(C)c1ccsc1. The lowest BCUT2D eigenvalue weighted by atomic mass is 10.2. The van der Waals surface area contributed by atoms with E-state index in [0.29, 0.717) is 12.5 Å². The van der Waals surface area contributed by atoms with E-state index in [0.717, 1.165) is 5.69 Å². The highest BCUT2D eigenvalue weighted by atomic mass is 32.1. The molecule has 0 aromatic carbocycles. The topological polar surface area (TPSA) is 34.1 Å². The second kappa shape index (κ2) is 5.68. The summed E-state index contributed by atoms with van der Waals surface area (Å²) in [5.74, 6) is 0.664. The first-order chi connectivity index (χ1) is 8.31. The molecule has 2 aromatic heterocycles. The molecule has 2 heterocycles. The molecule has 1 atom stereocenters. The molecule has 0 saturated carbocycles. The third-order valence-corrected chi connectivity index (χ3v) is 3.17. The van der Waals surface area contributed by atoms with Crippen LogP contribution in [0.5, 0.6) is 5.88 Å². The van der Waals surface area contributed by atoms with Crippen molar-refractivity contribution in [2.24, 2.45) is 0 Å². The van der Waals surface area contributed by atoms with Crippen molar-refractivity contribution in [1.82, 2.24) is 4.98 Å². The molecule has 17 heavy (non-hydrogen) atoms. The zero-order valence-electron chi connectivity index (χ0n) is 10.0. The van der Waals surface area contributed by atoms with Crippen molar-refractivity contribution in [3.63, 3.8) is 0 Å². The first kappa shape index (κ1) is 11.9. The van der Waals surface area contributed by atoms with Crippen LogP contribution in [0.2, 0.25) is 0 Å². The Labute approximate surface area is 105 Å². The molecule has 0 aliphatic carbocycles. The Bertz CT molecular complexity index is 456. The zero-order chi connectivity index (χ0) is 12.1. The molecule has 2 aromatic rings. The van der Waals surface area contributed by atoms with E-state index in [2.05, 4.69) is 34.1 Å². The van der Waals surface area contributed by atoms with Crippen molar-refractivity contribution in [1.29, 1.82) is 0 Å². The highest BCUT2D eigenvalue weighted by Crippen LogP contribution is 2.26. The van der Waals surface area contributed by atoms with Crippen molar-refractivity contribution in [2.45, 2.75) is 19.9 Å². The monoisotopic (exact) mass is 248 g/mol. The van der Waals surface area contributed by atoms with E-state index < -0.39 is 0 Å². The number of pyridine rings is 1. The number of hydrogen-bond acceptors (Lipinski definition) is 4. The molecular formula is C13H16N2OS. The quantitative estimate of drug-likeness (QED) is 0.875. The minimum Gasteiger partial charge on any atom is -0.476 e. The fourth-order valence-corrected chi connectivity index (χ4v) is 2.34. The lowest BCUT2D eigenvalue weighted by Crippen LogP contribution is -2.08. The number of aromatic nitrogens is 1. The highest BCUT2D eigenvalue weighted by molar-refractivity contribution is 7.07. The van der Waals surface area contributed by atoms with E-state index in [1.54, 1.807) is 17.5 Å². The normalized spacial score (nSPS) is 12.1. The molecule has 0 aliphatic rings. The van der Waals surface area contributed by atoms with Crippen LogP contribution in [0.1, 0.15) is 25.5 Å². The van der Waals surface area contributed by atoms with Gasteiger partial charge in [0.15, 0.2) is 0 Å². The van der Waals surface area contributed by atoms with Gasteiger partial charge >= 0.3 is 0 Å². The van der Waals surface area contributed by atoms with Crippen LogP contribution >= 0.6 is 11.3 Å². The average molecular weight is 248 g/mol. The first-order valence-electron chi connectivity index (χ1n) is 5.67.